The van der Waals surface area contributed by atoms with Crippen LogP contribution in [0.25, 0.3) is 0 Å². The summed E-state index contributed by atoms with van der Waals surface area (Å²) >= 11 is 0. The quantitative estimate of drug-likeness (QED) is 0.00877. The zero-order chi connectivity index (χ0) is 68.4. The number of benzene rings is 4. The predicted molar refractivity (Wildman–Crippen MR) is 350 cm³/mol. The molecule has 0 atom stereocenters. The summed E-state index contributed by atoms with van der Waals surface area (Å²) in [7, 11) is 2.29. The Kier molecular flexibility index (Phi) is 33.0. The van der Waals surface area contributed by atoms with Crippen LogP contribution in [0.3, 0.4) is 0 Å². The second-order valence-electron chi connectivity index (χ2n) is 22.8. The first-order valence-electron chi connectivity index (χ1n) is 32.7. The molecule has 94 heavy (non-hydrogen) atoms. The second-order valence-corrected chi connectivity index (χ2v) is 22.8. The molecule has 0 radical (unpaired) electrons. The number of unbranched alkanes of at least 4 members (excludes halogenated alkanes) is 8. The highest BCUT2D eigenvalue weighted by molar-refractivity contribution is 5.99. The maximum atomic E-state index is 14.7. The van der Waals surface area contributed by atoms with Crippen molar-refractivity contribution < 1.29 is 95.3 Å². The van der Waals surface area contributed by atoms with Gasteiger partial charge in [0.05, 0.1) is 14.2 Å². The summed E-state index contributed by atoms with van der Waals surface area (Å²) in [5.74, 6) is -4.48. The zero-order valence-corrected chi connectivity index (χ0v) is 55.6. The predicted octanol–water partition coefficient (Wildman–Crippen LogP) is 12.6. The van der Waals surface area contributed by atoms with E-state index in [9.17, 15) is 47.9 Å². The molecule has 1 aliphatic carbocycles. The van der Waals surface area contributed by atoms with Crippen LogP contribution in [0.2, 0.25) is 0 Å². The number of carbonyl (C=O) groups excluding carboxylic acids is 10. The molecular formula is C74H92O20. The molecule has 0 spiro atoms. The van der Waals surface area contributed by atoms with Crippen molar-refractivity contribution >= 4 is 58.9 Å². The number of carbonyl (C=O) groups is 10. The summed E-state index contributed by atoms with van der Waals surface area (Å²) in [5, 5.41) is 0. The third-order valence-corrected chi connectivity index (χ3v) is 15.5. The lowest BCUT2D eigenvalue weighted by Gasteiger charge is -2.25. The van der Waals surface area contributed by atoms with Crippen LogP contribution in [-0.4, -0.2) is 126 Å². The minimum Gasteiger partial charge on any atom is -0.489 e. The smallest absolute Gasteiger partial charge is 0.330 e. The van der Waals surface area contributed by atoms with Gasteiger partial charge in [-0.15, -0.1) is 0 Å². The van der Waals surface area contributed by atoms with Crippen molar-refractivity contribution in [2.24, 2.45) is 0 Å². The van der Waals surface area contributed by atoms with Gasteiger partial charge < -0.3 is 47.4 Å². The monoisotopic (exact) mass is 1300 g/mol. The van der Waals surface area contributed by atoms with Crippen LogP contribution in [-0.2, 0) is 82.9 Å². The van der Waals surface area contributed by atoms with E-state index < -0.39 is 48.7 Å². The lowest BCUT2D eigenvalue weighted by Crippen LogP contribution is -2.18. The fourth-order valence-electron chi connectivity index (χ4n) is 10.8. The first-order chi connectivity index (χ1) is 45.4. The molecule has 20 heteroatoms. The van der Waals surface area contributed by atoms with Gasteiger partial charge in [-0.05, 0) is 119 Å². The Hall–Kier alpha value is -8.94. The van der Waals surface area contributed by atoms with Crippen LogP contribution >= 0.6 is 0 Å². The highest BCUT2D eigenvalue weighted by Gasteiger charge is 2.28. The van der Waals surface area contributed by atoms with Crippen molar-refractivity contribution in [3.8, 4) is 23.0 Å². The minimum atomic E-state index is -0.868. The van der Waals surface area contributed by atoms with Crippen molar-refractivity contribution in [2.45, 2.75) is 169 Å². The van der Waals surface area contributed by atoms with Crippen LogP contribution in [0, 0.1) is 0 Å². The number of Topliss-reactive ketones (excluding diaryl/α,β-unsaturated/α-hetero) is 4. The summed E-state index contributed by atoms with van der Waals surface area (Å²) in [5.41, 5.74) is 4.70. The van der Waals surface area contributed by atoms with E-state index in [0.29, 0.717) is 92.4 Å². The molecule has 0 heterocycles. The Labute approximate surface area is 551 Å². The van der Waals surface area contributed by atoms with Gasteiger partial charge in [-0.1, -0.05) is 92.2 Å². The molecule has 1 aliphatic rings. The van der Waals surface area contributed by atoms with E-state index in [0.717, 1.165) is 77.7 Å². The molecule has 0 aromatic heterocycles. The average Bonchev–Trinajstić information content (AvgIpc) is 0.775. The third-order valence-electron chi connectivity index (χ3n) is 15.5. The Balaban J connectivity index is 2.01. The van der Waals surface area contributed by atoms with Crippen LogP contribution in [0.4, 0.5) is 0 Å². The van der Waals surface area contributed by atoms with Crippen molar-refractivity contribution in [2.75, 3.05) is 67.1 Å². The fourth-order valence-corrected chi connectivity index (χ4v) is 10.8. The topological polar surface area (TPSA) is 263 Å². The molecule has 0 fully saturated rings. The van der Waals surface area contributed by atoms with Gasteiger partial charge >= 0.3 is 35.8 Å². The maximum Gasteiger partial charge on any atom is 0.330 e. The number of methoxy groups -OCH3 is 2. The van der Waals surface area contributed by atoms with E-state index in [-0.39, 0.29) is 150 Å². The first-order valence-corrected chi connectivity index (χ1v) is 32.7. The number of ketones is 4. The summed E-state index contributed by atoms with van der Waals surface area (Å²) in [4.78, 5) is 134. The number of hydrogen-bond acceptors (Lipinski definition) is 20. The number of esters is 6. The molecule has 0 unspecified atom stereocenters. The average molecular weight is 1300 g/mol. The summed E-state index contributed by atoms with van der Waals surface area (Å²) < 4.78 is 58.2. The van der Waals surface area contributed by atoms with Gasteiger partial charge in [-0.2, -0.15) is 0 Å². The molecule has 0 saturated heterocycles. The van der Waals surface area contributed by atoms with Crippen molar-refractivity contribution in [3.05, 3.63) is 141 Å². The Bertz CT molecular complexity index is 3100. The first kappa shape index (κ1) is 75.8. The van der Waals surface area contributed by atoms with Gasteiger partial charge in [-0.25, -0.2) is 9.59 Å². The molecule has 8 bridgehead atoms. The standard InChI is InChI=1S/C74H92O20/c1-9-15-19-23-61(75)49-35-53-43-54-36-50(62(76)24-20-16-10-2)38-56(72(54)92-32-28-88-66(80)14-6)45-58-40-52(64(78)26-22-18-12-4)42-60(74(58)94-34-30-90-70(84)48-68(82)86-8)46-59-41-51(63(77)25-21-17-11-3)39-57(73(59)93-33-29-89-69(83)47-67(81)85-7)44-55(37-49)71(53)91-31-27-87-65(79)13-5/h13-14,35-42H,5-6,9-12,15-34,43-48H2,1-4,7-8H3. The van der Waals surface area contributed by atoms with Gasteiger partial charge in [0.25, 0.3) is 0 Å². The van der Waals surface area contributed by atoms with E-state index in [1.807, 2.05) is 27.7 Å². The van der Waals surface area contributed by atoms with E-state index in [1.54, 1.807) is 48.5 Å². The van der Waals surface area contributed by atoms with Crippen LogP contribution < -0.4 is 18.9 Å². The lowest BCUT2D eigenvalue weighted by molar-refractivity contribution is -0.155. The molecule has 0 amide bonds. The maximum absolute atomic E-state index is 14.7. The van der Waals surface area contributed by atoms with Gasteiger partial charge in [-0.3, -0.25) is 38.4 Å². The number of ether oxygens (including phenoxy) is 10. The molecule has 20 nitrogen and oxygen atoms in total. The number of hydrogen-bond donors (Lipinski definition) is 0. The lowest BCUT2D eigenvalue weighted by atomic mass is 9.86. The Morgan fingerprint density at radius 2 is 0.553 bits per heavy atom. The SMILES string of the molecule is C=CC(=O)OCCOc1c2cc(C(=O)CCCCC)cc1Cc1cc(C(=O)CCCCC)cc(c1OCCOC(=O)CC(=O)OC)Cc1cc(C(=O)CCCCC)cc(c1OCCOC(=O)CC(=O)OC)Cc1cc(C(=O)CCCCC)cc(c1OCCOC(=O)C=C)C2. The molecule has 4 aromatic carbocycles. The Morgan fingerprint density at radius 1 is 0.330 bits per heavy atom. The minimum absolute atomic E-state index is 0.0707. The van der Waals surface area contributed by atoms with E-state index >= 15 is 0 Å². The molecule has 5 rings (SSSR count). The normalized spacial score (nSPS) is 11.5. The molecular weight excluding hydrogens is 1210 g/mol. The van der Waals surface area contributed by atoms with Gasteiger partial charge in [0.15, 0.2) is 23.1 Å². The molecule has 0 saturated carbocycles. The van der Waals surface area contributed by atoms with E-state index in [1.165, 1.54) is 0 Å². The third kappa shape index (κ3) is 24.5. The van der Waals surface area contributed by atoms with Gasteiger partial charge in [0.2, 0.25) is 0 Å². The van der Waals surface area contributed by atoms with Gasteiger partial charge in [0.1, 0.15) is 88.7 Å². The second kappa shape index (κ2) is 40.9. The Morgan fingerprint density at radius 3 is 0.755 bits per heavy atom. The van der Waals surface area contributed by atoms with E-state index in [2.05, 4.69) is 22.6 Å². The highest BCUT2D eigenvalue weighted by Crippen LogP contribution is 2.42. The van der Waals surface area contributed by atoms with Gasteiger partial charge in [0, 0.05) is 85.8 Å². The molecule has 0 N–H and O–H groups in total. The number of fused-ring (bicyclic) bond motifs is 8. The zero-order valence-electron chi connectivity index (χ0n) is 55.6. The molecule has 0 aliphatic heterocycles. The molecule has 508 valence electrons. The fraction of sp³-hybridized carbons (Fsp3) is 0.486. The van der Waals surface area contributed by atoms with Crippen LogP contribution in [0.15, 0.2) is 73.8 Å². The van der Waals surface area contributed by atoms with Crippen molar-refractivity contribution in [1.29, 1.82) is 0 Å². The number of rotatable bonds is 42. The van der Waals surface area contributed by atoms with Crippen LogP contribution in [0.1, 0.15) is 229 Å². The van der Waals surface area contributed by atoms with Crippen LogP contribution in [0.5, 0.6) is 23.0 Å². The largest absolute Gasteiger partial charge is 0.489 e. The molecule has 4 aromatic rings. The summed E-state index contributed by atoms with van der Waals surface area (Å²) in [6.45, 7) is 13.1. The van der Waals surface area contributed by atoms with E-state index in [4.69, 9.17) is 37.9 Å². The van der Waals surface area contributed by atoms with Crippen molar-refractivity contribution in [1.82, 2.24) is 0 Å². The van der Waals surface area contributed by atoms with Crippen molar-refractivity contribution in [3.63, 3.8) is 0 Å². The summed E-state index contributed by atoms with van der Waals surface area (Å²) in [6.07, 6.45) is 10.0. The highest BCUT2D eigenvalue weighted by atomic mass is 16.6. The summed E-state index contributed by atoms with van der Waals surface area (Å²) in [6, 6.07) is 13.8.